The molecule has 0 saturated carbocycles. The van der Waals surface area contributed by atoms with Crippen molar-refractivity contribution >= 4 is 22.7 Å². The summed E-state index contributed by atoms with van der Waals surface area (Å²) >= 11 is 0. The molecule has 0 saturated heterocycles. The first kappa shape index (κ1) is 21.5. The van der Waals surface area contributed by atoms with Gasteiger partial charge in [0.1, 0.15) is 11.3 Å². The van der Waals surface area contributed by atoms with Crippen molar-refractivity contribution in [1.29, 1.82) is 0 Å². The Kier molecular flexibility index (Phi) is 5.63. The number of nitrogens with zero attached hydrogens (tertiary/aromatic N) is 3. The van der Waals surface area contributed by atoms with Crippen LogP contribution in [0.15, 0.2) is 89.1 Å². The second-order valence-electron chi connectivity index (χ2n) is 8.04. The van der Waals surface area contributed by atoms with Gasteiger partial charge in [0.15, 0.2) is 11.5 Å². The normalized spacial score (nSPS) is 16.0. The number of Topliss-reactive ketones (excluding diaryl/α,β-unsaturated/α-hetero) is 1. The number of ketones is 1. The third kappa shape index (κ3) is 3.73. The smallest absolute Gasteiger partial charge is 0.290 e. The Morgan fingerprint density at radius 1 is 1.15 bits per heavy atom. The predicted octanol–water partition coefficient (Wildman–Crippen LogP) is 4.31. The second kappa shape index (κ2) is 8.90. The summed E-state index contributed by atoms with van der Waals surface area (Å²) in [7, 11) is 1.53. The average Bonchev–Trinajstić information content (AvgIpc) is 3.59. The number of hydrogen-bond acceptors (Lipinski definition) is 6. The van der Waals surface area contributed by atoms with Crippen molar-refractivity contribution in [2.75, 3.05) is 13.7 Å². The van der Waals surface area contributed by atoms with Crippen LogP contribution in [0.4, 0.5) is 0 Å². The van der Waals surface area contributed by atoms with E-state index < -0.39 is 23.5 Å². The van der Waals surface area contributed by atoms with Gasteiger partial charge in [-0.25, -0.2) is 4.98 Å². The molecular weight excluding hydrogens is 434 g/mol. The van der Waals surface area contributed by atoms with Gasteiger partial charge in [0.2, 0.25) is 5.78 Å². The van der Waals surface area contributed by atoms with E-state index in [9.17, 15) is 14.7 Å². The minimum absolute atomic E-state index is 0.0174. The highest BCUT2D eigenvalue weighted by Gasteiger charge is 2.45. The van der Waals surface area contributed by atoms with Crippen molar-refractivity contribution in [3.8, 4) is 5.75 Å². The molecule has 5 rings (SSSR count). The maximum atomic E-state index is 13.6. The first-order valence-corrected chi connectivity index (χ1v) is 10.9. The Morgan fingerprint density at radius 2 is 1.94 bits per heavy atom. The molecule has 1 N–H and O–H groups in total. The van der Waals surface area contributed by atoms with E-state index >= 15 is 0 Å². The molecule has 4 aromatic rings. The van der Waals surface area contributed by atoms with Crippen LogP contribution in [-0.4, -0.2) is 44.9 Å². The van der Waals surface area contributed by atoms with Crippen LogP contribution in [0.2, 0.25) is 0 Å². The van der Waals surface area contributed by atoms with Gasteiger partial charge in [-0.1, -0.05) is 36.4 Å². The fourth-order valence-electron chi connectivity index (χ4n) is 4.40. The molecule has 1 atom stereocenters. The first-order valence-electron chi connectivity index (χ1n) is 10.9. The van der Waals surface area contributed by atoms with Crippen molar-refractivity contribution in [3.05, 3.63) is 96.0 Å². The number of carbonyl (C=O) groups is 2. The molecule has 3 heterocycles. The van der Waals surface area contributed by atoms with Crippen molar-refractivity contribution < 1.29 is 23.8 Å². The lowest BCUT2D eigenvalue weighted by Crippen LogP contribution is -2.32. The summed E-state index contributed by atoms with van der Waals surface area (Å²) in [5, 5.41) is 11.6. The molecule has 0 radical (unpaired) electrons. The molecule has 1 aliphatic rings. The monoisotopic (exact) mass is 457 g/mol. The van der Waals surface area contributed by atoms with E-state index in [1.807, 2.05) is 41.1 Å². The van der Waals surface area contributed by atoms with E-state index in [1.165, 1.54) is 12.0 Å². The standard InChI is InChI=1S/C26H23N3O5/c1-33-20-10-5-3-8-18(20)23-22(24(30)21-15-17-7-2-4-9-19(17)34-21)25(31)26(32)29(23)13-6-12-28-14-11-27-16-28/h2-5,7-11,14-16,23,31H,6,12-13H2,1H3/t23-/m0/s1. The highest BCUT2D eigenvalue weighted by Crippen LogP contribution is 2.42. The van der Waals surface area contributed by atoms with E-state index in [-0.39, 0.29) is 11.3 Å². The Labute approximate surface area is 195 Å². The zero-order chi connectivity index (χ0) is 23.7. The van der Waals surface area contributed by atoms with Gasteiger partial charge in [-0.2, -0.15) is 0 Å². The van der Waals surface area contributed by atoms with Crippen LogP contribution in [0.1, 0.15) is 28.6 Å². The van der Waals surface area contributed by atoms with Crippen LogP contribution in [0, 0.1) is 0 Å². The number of carbonyl (C=O) groups excluding carboxylic acids is 2. The zero-order valence-electron chi connectivity index (χ0n) is 18.5. The molecule has 34 heavy (non-hydrogen) atoms. The van der Waals surface area contributed by atoms with Gasteiger partial charge in [0, 0.05) is 36.4 Å². The first-order chi connectivity index (χ1) is 16.6. The minimum Gasteiger partial charge on any atom is -0.503 e. The molecule has 0 fully saturated rings. The van der Waals surface area contributed by atoms with Crippen molar-refractivity contribution in [3.63, 3.8) is 0 Å². The van der Waals surface area contributed by atoms with Crippen molar-refractivity contribution in [1.82, 2.24) is 14.5 Å². The van der Waals surface area contributed by atoms with Gasteiger partial charge in [0.05, 0.1) is 25.1 Å². The van der Waals surface area contributed by atoms with E-state index in [1.54, 1.807) is 36.8 Å². The molecule has 0 bridgehead atoms. The number of imidazole rings is 1. The SMILES string of the molecule is COc1ccccc1[C@H]1C(C(=O)c2cc3ccccc3o2)=C(O)C(=O)N1CCCn1ccnc1. The number of aromatic nitrogens is 2. The lowest BCUT2D eigenvalue weighted by molar-refractivity contribution is -0.129. The van der Waals surface area contributed by atoms with Crippen LogP contribution in [0.3, 0.4) is 0 Å². The van der Waals surface area contributed by atoms with Crippen LogP contribution in [0.5, 0.6) is 5.75 Å². The molecule has 2 aromatic heterocycles. The van der Waals surface area contributed by atoms with Gasteiger partial charge in [-0.15, -0.1) is 0 Å². The molecule has 2 aromatic carbocycles. The number of benzene rings is 2. The number of aliphatic hydroxyl groups is 1. The summed E-state index contributed by atoms with van der Waals surface area (Å²) in [6.07, 6.45) is 5.84. The lowest BCUT2D eigenvalue weighted by atomic mass is 9.94. The third-order valence-electron chi connectivity index (χ3n) is 6.01. The highest BCUT2D eigenvalue weighted by atomic mass is 16.5. The Morgan fingerprint density at radius 3 is 2.71 bits per heavy atom. The highest BCUT2D eigenvalue weighted by molar-refractivity contribution is 6.16. The summed E-state index contributed by atoms with van der Waals surface area (Å²) in [4.78, 5) is 32.3. The number of aliphatic hydroxyl groups excluding tert-OH is 1. The van der Waals surface area contributed by atoms with E-state index in [0.29, 0.717) is 36.4 Å². The van der Waals surface area contributed by atoms with Crippen molar-refractivity contribution in [2.24, 2.45) is 0 Å². The lowest BCUT2D eigenvalue weighted by Gasteiger charge is -2.27. The van der Waals surface area contributed by atoms with Gasteiger partial charge >= 0.3 is 0 Å². The molecule has 1 amide bonds. The Balaban J connectivity index is 1.53. The third-order valence-corrected chi connectivity index (χ3v) is 6.01. The van der Waals surface area contributed by atoms with Crippen LogP contribution in [-0.2, 0) is 11.3 Å². The molecular formula is C26H23N3O5. The molecule has 172 valence electrons. The predicted molar refractivity (Wildman–Crippen MR) is 124 cm³/mol. The average molecular weight is 457 g/mol. The van der Waals surface area contributed by atoms with Gasteiger partial charge < -0.3 is 23.7 Å². The Bertz CT molecular complexity index is 1350. The van der Waals surface area contributed by atoms with Gasteiger partial charge in [-0.3, -0.25) is 9.59 Å². The second-order valence-corrected chi connectivity index (χ2v) is 8.04. The number of hydrogen-bond donors (Lipinski definition) is 1. The maximum Gasteiger partial charge on any atom is 0.290 e. The summed E-state index contributed by atoms with van der Waals surface area (Å²) in [5.41, 5.74) is 1.15. The fourth-order valence-corrected chi connectivity index (χ4v) is 4.40. The number of furan rings is 1. The summed E-state index contributed by atoms with van der Waals surface area (Å²) in [6.45, 7) is 0.955. The number of amides is 1. The molecule has 1 aliphatic heterocycles. The fraction of sp³-hybridized carbons (Fsp3) is 0.192. The minimum atomic E-state index is -0.813. The number of rotatable bonds is 8. The topological polar surface area (TPSA) is 97.8 Å². The molecule has 0 unspecified atom stereocenters. The largest absolute Gasteiger partial charge is 0.503 e. The summed E-state index contributed by atoms with van der Waals surface area (Å²) in [6, 6.07) is 15.3. The number of methoxy groups -OCH3 is 1. The van der Waals surface area contributed by atoms with Crippen molar-refractivity contribution in [2.45, 2.75) is 19.0 Å². The number of ether oxygens (including phenoxy) is 1. The van der Waals surface area contributed by atoms with Crippen LogP contribution >= 0.6 is 0 Å². The van der Waals surface area contributed by atoms with E-state index in [2.05, 4.69) is 4.98 Å². The summed E-state index contributed by atoms with van der Waals surface area (Å²) in [5.74, 6) is -1.11. The van der Waals surface area contributed by atoms with Crippen LogP contribution < -0.4 is 4.74 Å². The summed E-state index contributed by atoms with van der Waals surface area (Å²) < 4.78 is 13.2. The number of para-hydroxylation sites is 2. The molecule has 0 spiro atoms. The van der Waals surface area contributed by atoms with Gasteiger partial charge in [0.25, 0.3) is 5.91 Å². The van der Waals surface area contributed by atoms with E-state index in [4.69, 9.17) is 9.15 Å². The Hall–Kier alpha value is -4.33. The molecule has 8 heteroatoms. The maximum absolute atomic E-state index is 13.6. The molecule has 8 nitrogen and oxygen atoms in total. The quantitative estimate of drug-likeness (QED) is 0.396. The van der Waals surface area contributed by atoms with E-state index in [0.717, 1.165) is 5.39 Å². The number of fused-ring (bicyclic) bond motifs is 1. The zero-order valence-corrected chi connectivity index (χ0v) is 18.5. The molecule has 0 aliphatic carbocycles. The number of aryl methyl sites for hydroxylation is 1. The van der Waals surface area contributed by atoms with Crippen LogP contribution in [0.25, 0.3) is 11.0 Å². The van der Waals surface area contributed by atoms with Gasteiger partial charge in [-0.05, 0) is 24.6 Å².